The molecule has 21 heavy (non-hydrogen) atoms. The van der Waals surface area contributed by atoms with Gasteiger partial charge >= 0.3 is 0 Å². The van der Waals surface area contributed by atoms with Gasteiger partial charge in [0, 0.05) is 13.1 Å². The van der Waals surface area contributed by atoms with Gasteiger partial charge < -0.3 is 10.0 Å². The lowest BCUT2D eigenvalue weighted by Crippen LogP contribution is -2.34. The summed E-state index contributed by atoms with van der Waals surface area (Å²) in [6, 6.07) is 11.9. The molecule has 0 unspecified atom stereocenters. The van der Waals surface area contributed by atoms with Crippen molar-refractivity contribution in [2.45, 2.75) is 6.54 Å². The molecular formula is C15H14BrFN2O2. The van der Waals surface area contributed by atoms with E-state index in [4.69, 9.17) is 5.11 Å². The summed E-state index contributed by atoms with van der Waals surface area (Å²) in [4.78, 5) is 17.7. The first kappa shape index (κ1) is 15.6. The van der Waals surface area contributed by atoms with Crippen molar-refractivity contribution in [1.29, 1.82) is 0 Å². The van der Waals surface area contributed by atoms with E-state index < -0.39 is 11.7 Å². The highest BCUT2D eigenvalue weighted by atomic mass is 79.9. The molecule has 0 fully saturated rings. The standard InChI is InChI=1S/C15H14BrFN2O2/c16-13-7-6-12(17)14(18-13)15(21)19(8-9-20)10-11-4-2-1-3-5-11/h1-7,20H,8-10H2. The minimum Gasteiger partial charge on any atom is -0.395 e. The van der Waals surface area contributed by atoms with E-state index in [-0.39, 0.29) is 25.4 Å². The molecule has 1 aromatic heterocycles. The molecule has 6 heteroatoms. The number of hydrogen-bond donors (Lipinski definition) is 1. The molecule has 0 saturated carbocycles. The highest BCUT2D eigenvalue weighted by molar-refractivity contribution is 9.10. The van der Waals surface area contributed by atoms with Crippen molar-refractivity contribution in [3.8, 4) is 0 Å². The quantitative estimate of drug-likeness (QED) is 0.841. The van der Waals surface area contributed by atoms with Crippen molar-refractivity contribution in [2.75, 3.05) is 13.2 Å². The number of aromatic nitrogens is 1. The Kier molecular flexibility index (Phi) is 5.41. The summed E-state index contributed by atoms with van der Waals surface area (Å²) in [5, 5.41) is 9.12. The average molecular weight is 353 g/mol. The number of hydrogen-bond acceptors (Lipinski definition) is 3. The van der Waals surface area contributed by atoms with Crippen LogP contribution in [-0.4, -0.2) is 34.0 Å². The second kappa shape index (κ2) is 7.28. The first-order valence-electron chi connectivity index (χ1n) is 6.38. The lowest BCUT2D eigenvalue weighted by Gasteiger charge is -2.21. The lowest BCUT2D eigenvalue weighted by molar-refractivity contribution is 0.0696. The number of aliphatic hydroxyl groups excluding tert-OH is 1. The first-order chi connectivity index (χ1) is 10.1. The molecule has 1 heterocycles. The van der Waals surface area contributed by atoms with Crippen LogP contribution in [0.25, 0.3) is 0 Å². The molecule has 0 bridgehead atoms. The zero-order chi connectivity index (χ0) is 15.2. The van der Waals surface area contributed by atoms with Crippen molar-refractivity contribution in [2.24, 2.45) is 0 Å². The average Bonchev–Trinajstić information content (AvgIpc) is 2.49. The van der Waals surface area contributed by atoms with Gasteiger partial charge in [0.05, 0.1) is 6.61 Å². The molecule has 1 N–H and O–H groups in total. The molecular weight excluding hydrogens is 339 g/mol. The molecule has 2 rings (SSSR count). The van der Waals surface area contributed by atoms with Gasteiger partial charge in [-0.1, -0.05) is 30.3 Å². The topological polar surface area (TPSA) is 53.4 Å². The smallest absolute Gasteiger partial charge is 0.275 e. The molecule has 4 nitrogen and oxygen atoms in total. The predicted molar refractivity (Wildman–Crippen MR) is 80.2 cm³/mol. The first-order valence-corrected chi connectivity index (χ1v) is 7.17. The minimum atomic E-state index is -0.681. The fraction of sp³-hybridized carbons (Fsp3) is 0.200. The number of rotatable bonds is 5. The normalized spacial score (nSPS) is 10.4. The summed E-state index contributed by atoms with van der Waals surface area (Å²) in [5.41, 5.74) is 0.642. The van der Waals surface area contributed by atoms with E-state index in [0.29, 0.717) is 4.60 Å². The number of aliphatic hydroxyl groups is 1. The molecule has 0 saturated heterocycles. The SMILES string of the molecule is O=C(c1nc(Br)ccc1F)N(CCO)Cc1ccccc1. The van der Waals surface area contributed by atoms with E-state index in [0.717, 1.165) is 5.56 Å². The van der Waals surface area contributed by atoms with Gasteiger partial charge in [-0.05, 0) is 33.6 Å². The predicted octanol–water partition coefficient (Wildman–Crippen LogP) is 2.62. The summed E-state index contributed by atoms with van der Waals surface area (Å²) in [5.74, 6) is -1.23. The van der Waals surface area contributed by atoms with E-state index in [1.807, 2.05) is 30.3 Å². The van der Waals surface area contributed by atoms with Crippen LogP contribution in [0.1, 0.15) is 16.1 Å². The number of pyridine rings is 1. The molecule has 0 aliphatic rings. The van der Waals surface area contributed by atoms with Gasteiger partial charge in [-0.2, -0.15) is 0 Å². The van der Waals surface area contributed by atoms with E-state index >= 15 is 0 Å². The largest absolute Gasteiger partial charge is 0.395 e. The third-order valence-electron chi connectivity index (χ3n) is 2.89. The Labute approximate surface area is 130 Å². The van der Waals surface area contributed by atoms with Crippen LogP contribution in [0.4, 0.5) is 4.39 Å². The summed E-state index contributed by atoms with van der Waals surface area (Å²) < 4.78 is 14.2. The maximum atomic E-state index is 13.8. The molecule has 0 atom stereocenters. The fourth-order valence-electron chi connectivity index (χ4n) is 1.90. The Balaban J connectivity index is 2.25. The van der Waals surface area contributed by atoms with Gasteiger partial charge in [-0.15, -0.1) is 0 Å². The second-order valence-corrected chi connectivity index (χ2v) is 5.21. The molecule has 1 amide bonds. The van der Waals surface area contributed by atoms with Gasteiger partial charge in [0.1, 0.15) is 4.60 Å². The van der Waals surface area contributed by atoms with Crippen molar-refractivity contribution in [3.63, 3.8) is 0 Å². The van der Waals surface area contributed by atoms with Gasteiger partial charge in [0.25, 0.3) is 5.91 Å². The van der Waals surface area contributed by atoms with Crippen LogP contribution in [0.15, 0.2) is 47.1 Å². The van der Waals surface area contributed by atoms with E-state index in [1.165, 1.54) is 17.0 Å². The zero-order valence-corrected chi connectivity index (χ0v) is 12.8. The minimum absolute atomic E-state index is 0.112. The molecule has 0 aliphatic carbocycles. The number of carbonyl (C=O) groups excluding carboxylic acids is 1. The Morgan fingerprint density at radius 2 is 1.95 bits per heavy atom. The molecule has 0 radical (unpaired) electrons. The molecule has 2 aromatic rings. The van der Waals surface area contributed by atoms with Crippen LogP contribution >= 0.6 is 15.9 Å². The molecule has 1 aromatic carbocycles. The molecule has 0 aliphatic heterocycles. The summed E-state index contributed by atoms with van der Waals surface area (Å²) in [7, 11) is 0. The van der Waals surface area contributed by atoms with Crippen molar-refractivity contribution >= 4 is 21.8 Å². The van der Waals surface area contributed by atoms with Gasteiger partial charge in [-0.3, -0.25) is 4.79 Å². The number of nitrogens with zero attached hydrogens (tertiary/aromatic N) is 2. The Morgan fingerprint density at radius 3 is 2.62 bits per heavy atom. The lowest BCUT2D eigenvalue weighted by atomic mass is 10.2. The Bertz CT molecular complexity index is 622. The monoisotopic (exact) mass is 352 g/mol. The number of benzene rings is 1. The van der Waals surface area contributed by atoms with Gasteiger partial charge in [0.2, 0.25) is 0 Å². The summed E-state index contributed by atoms with van der Waals surface area (Å²) >= 11 is 3.12. The summed E-state index contributed by atoms with van der Waals surface area (Å²) in [6.07, 6.45) is 0. The van der Waals surface area contributed by atoms with Gasteiger partial charge in [0.15, 0.2) is 11.5 Å². The van der Waals surface area contributed by atoms with Crippen molar-refractivity contribution in [3.05, 3.63) is 64.1 Å². The highest BCUT2D eigenvalue weighted by Gasteiger charge is 2.21. The Hall–Kier alpha value is -1.79. The maximum Gasteiger partial charge on any atom is 0.275 e. The van der Waals surface area contributed by atoms with Crippen LogP contribution < -0.4 is 0 Å². The van der Waals surface area contributed by atoms with E-state index in [2.05, 4.69) is 20.9 Å². The van der Waals surface area contributed by atoms with Crippen molar-refractivity contribution in [1.82, 2.24) is 9.88 Å². The van der Waals surface area contributed by atoms with E-state index in [9.17, 15) is 9.18 Å². The van der Waals surface area contributed by atoms with Gasteiger partial charge in [-0.25, -0.2) is 9.37 Å². The number of carbonyl (C=O) groups is 1. The maximum absolute atomic E-state index is 13.8. The van der Waals surface area contributed by atoms with Crippen LogP contribution in [-0.2, 0) is 6.54 Å². The Morgan fingerprint density at radius 1 is 1.24 bits per heavy atom. The molecule has 0 spiro atoms. The van der Waals surface area contributed by atoms with E-state index in [1.54, 1.807) is 0 Å². The zero-order valence-electron chi connectivity index (χ0n) is 11.2. The third-order valence-corrected chi connectivity index (χ3v) is 3.33. The van der Waals surface area contributed by atoms with Crippen LogP contribution in [0, 0.1) is 5.82 Å². The van der Waals surface area contributed by atoms with Crippen LogP contribution in [0.5, 0.6) is 0 Å². The number of amides is 1. The van der Waals surface area contributed by atoms with Crippen molar-refractivity contribution < 1.29 is 14.3 Å². The fourth-order valence-corrected chi connectivity index (χ4v) is 2.20. The third kappa shape index (κ3) is 4.09. The highest BCUT2D eigenvalue weighted by Crippen LogP contribution is 2.14. The van der Waals surface area contributed by atoms with Crippen LogP contribution in [0.2, 0.25) is 0 Å². The second-order valence-electron chi connectivity index (χ2n) is 4.40. The summed E-state index contributed by atoms with van der Waals surface area (Å²) in [6.45, 7) is 0.198. The molecule has 110 valence electrons. The van der Waals surface area contributed by atoms with Crippen LogP contribution in [0.3, 0.4) is 0 Å². The number of halogens is 2.